The van der Waals surface area contributed by atoms with Gasteiger partial charge in [0, 0.05) is 14.2 Å². The lowest BCUT2D eigenvalue weighted by molar-refractivity contribution is -0.134. The Labute approximate surface area is 101 Å². The molecule has 1 aliphatic heterocycles. The van der Waals surface area contributed by atoms with Gasteiger partial charge in [-0.3, -0.25) is 9.59 Å². The Kier molecular flexibility index (Phi) is 4.33. The Bertz CT molecular complexity index is 303. The van der Waals surface area contributed by atoms with E-state index in [0.717, 1.165) is 24.6 Å². The fourth-order valence-electron chi connectivity index (χ4n) is 1.90. The van der Waals surface area contributed by atoms with Crippen LogP contribution in [0.15, 0.2) is 0 Å². The van der Waals surface area contributed by atoms with Gasteiger partial charge in [-0.05, 0) is 13.0 Å². The van der Waals surface area contributed by atoms with Crippen molar-refractivity contribution in [3.8, 4) is 0 Å². The summed E-state index contributed by atoms with van der Waals surface area (Å²) in [7, 11) is 0.497. The maximum Gasteiger partial charge on any atom is 0.359 e. The van der Waals surface area contributed by atoms with Crippen LogP contribution < -0.4 is 0 Å². The summed E-state index contributed by atoms with van der Waals surface area (Å²) in [5.74, 6) is -0.316. The molecule has 0 bridgehead atoms. The van der Waals surface area contributed by atoms with Crippen molar-refractivity contribution < 1.29 is 18.4 Å². The fraction of sp³-hybridized carbons (Fsp3) is 0.800. The second-order valence-corrected chi connectivity index (χ2v) is 9.20. The number of rotatable bonds is 6. The third kappa shape index (κ3) is 1.88. The summed E-state index contributed by atoms with van der Waals surface area (Å²) < 4.78 is 10.1. The van der Waals surface area contributed by atoms with Crippen LogP contribution in [0.5, 0.6) is 0 Å². The molecule has 6 heteroatoms. The van der Waals surface area contributed by atoms with Crippen molar-refractivity contribution in [1.82, 2.24) is 0 Å². The lowest BCUT2D eigenvalue weighted by Gasteiger charge is -2.46. The SMILES string of the molecule is CCCCC1([Si](C)(OC)OC)SC(=O)C1=O. The van der Waals surface area contributed by atoms with E-state index in [1.807, 2.05) is 6.55 Å². The van der Waals surface area contributed by atoms with Gasteiger partial charge in [-0.2, -0.15) is 0 Å². The first-order chi connectivity index (χ1) is 7.47. The normalized spacial score (nSPS) is 25.8. The molecule has 1 fully saturated rings. The monoisotopic (exact) mass is 262 g/mol. The van der Waals surface area contributed by atoms with Crippen LogP contribution in [0, 0.1) is 0 Å². The first kappa shape index (κ1) is 13.9. The Morgan fingerprint density at radius 3 is 2.19 bits per heavy atom. The predicted molar refractivity (Wildman–Crippen MR) is 65.5 cm³/mol. The van der Waals surface area contributed by atoms with Crippen molar-refractivity contribution in [3.63, 3.8) is 0 Å². The van der Waals surface area contributed by atoms with Gasteiger partial charge in [0.15, 0.2) is 0 Å². The quantitative estimate of drug-likeness (QED) is 0.538. The molecule has 0 spiro atoms. The number of ketones is 1. The fourth-order valence-corrected chi connectivity index (χ4v) is 6.35. The summed E-state index contributed by atoms with van der Waals surface area (Å²) >= 11 is 1.10. The molecular formula is C10H18O4SSi. The second kappa shape index (κ2) is 4.99. The first-order valence-corrected chi connectivity index (χ1v) is 8.48. The van der Waals surface area contributed by atoms with Crippen LogP contribution in [0.1, 0.15) is 26.2 Å². The van der Waals surface area contributed by atoms with E-state index in [1.165, 1.54) is 0 Å². The van der Waals surface area contributed by atoms with E-state index < -0.39 is 12.9 Å². The molecule has 0 aromatic carbocycles. The third-order valence-corrected chi connectivity index (χ3v) is 9.24. The van der Waals surface area contributed by atoms with Crippen molar-refractivity contribution >= 4 is 31.2 Å². The van der Waals surface area contributed by atoms with Gasteiger partial charge in [-0.15, -0.1) is 0 Å². The zero-order valence-electron chi connectivity index (χ0n) is 10.2. The maximum atomic E-state index is 11.9. The number of carbonyl (C=O) groups is 2. The summed E-state index contributed by atoms with van der Waals surface area (Å²) in [5, 5.41) is -0.357. The van der Waals surface area contributed by atoms with Gasteiger partial charge in [0.25, 0.3) is 5.12 Å². The lowest BCUT2D eigenvalue weighted by Crippen LogP contribution is -2.69. The van der Waals surface area contributed by atoms with Crippen LogP contribution in [-0.2, 0) is 18.4 Å². The smallest absolute Gasteiger partial charge is 0.359 e. The molecule has 1 unspecified atom stereocenters. The third-order valence-electron chi connectivity index (χ3n) is 3.21. The van der Waals surface area contributed by atoms with Gasteiger partial charge in [0.1, 0.15) is 4.37 Å². The van der Waals surface area contributed by atoms with Crippen molar-refractivity contribution in [2.24, 2.45) is 0 Å². The minimum atomic E-state index is -2.61. The number of Topliss-reactive ketones (excluding diaryl/α,β-unsaturated/α-hetero) is 1. The molecule has 16 heavy (non-hydrogen) atoms. The summed E-state index contributed by atoms with van der Waals surface area (Å²) in [6.07, 6.45) is 2.56. The highest BCUT2D eigenvalue weighted by Crippen LogP contribution is 2.49. The second-order valence-electron chi connectivity index (χ2n) is 4.00. The number of carbonyl (C=O) groups excluding carboxylic acids is 2. The molecule has 0 radical (unpaired) electrons. The van der Waals surface area contributed by atoms with Crippen LogP contribution in [0.3, 0.4) is 0 Å². The molecule has 0 aromatic heterocycles. The maximum absolute atomic E-state index is 11.9. The van der Waals surface area contributed by atoms with Crippen molar-refractivity contribution in [2.45, 2.75) is 37.1 Å². The summed E-state index contributed by atoms with van der Waals surface area (Å²) in [5.41, 5.74) is 0. The molecular weight excluding hydrogens is 244 g/mol. The zero-order chi connectivity index (χ0) is 12.4. The summed E-state index contributed by atoms with van der Waals surface area (Å²) in [6.45, 7) is 3.90. The van der Waals surface area contributed by atoms with Crippen LogP contribution in [0.25, 0.3) is 0 Å². The highest BCUT2D eigenvalue weighted by atomic mass is 32.2. The number of thioether (sulfide) groups is 1. The minimum absolute atomic E-state index is 0.316. The molecule has 1 rings (SSSR count). The zero-order valence-corrected chi connectivity index (χ0v) is 12.0. The molecule has 1 atom stereocenters. The van der Waals surface area contributed by atoms with Crippen LogP contribution in [0.2, 0.25) is 6.55 Å². The van der Waals surface area contributed by atoms with E-state index in [2.05, 4.69) is 6.92 Å². The predicted octanol–water partition coefficient (Wildman–Crippen LogP) is 1.66. The van der Waals surface area contributed by atoms with E-state index in [-0.39, 0.29) is 10.9 Å². The molecule has 1 saturated heterocycles. The first-order valence-electron chi connectivity index (χ1n) is 5.35. The number of unbranched alkanes of at least 4 members (excludes halogenated alkanes) is 1. The van der Waals surface area contributed by atoms with Gasteiger partial charge in [-0.1, -0.05) is 31.5 Å². The van der Waals surface area contributed by atoms with Crippen LogP contribution >= 0.6 is 11.8 Å². The molecule has 1 heterocycles. The molecule has 92 valence electrons. The molecule has 0 N–H and O–H groups in total. The van der Waals surface area contributed by atoms with Gasteiger partial charge < -0.3 is 8.85 Å². The highest BCUT2D eigenvalue weighted by Gasteiger charge is 2.68. The molecule has 0 saturated carbocycles. The molecule has 0 aliphatic carbocycles. The Balaban J connectivity index is 2.96. The van der Waals surface area contributed by atoms with Crippen molar-refractivity contribution in [1.29, 1.82) is 0 Å². The average Bonchev–Trinajstić information content (AvgIpc) is 2.32. The van der Waals surface area contributed by atoms with Gasteiger partial charge in [0.2, 0.25) is 5.78 Å². The van der Waals surface area contributed by atoms with Gasteiger partial charge >= 0.3 is 8.56 Å². The lowest BCUT2D eigenvalue weighted by atomic mass is 10.1. The van der Waals surface area contributed by atoms with Gasteiger partial charge in [0.05, 0.1) is 0 Å². The largest absolute Gasteiger partial charge is 0.397 e. The Morgan fingerprint density at radius 2 is 1.88 bits per heavy atom. The highest BCUT2D eigenvalue weighted by molar-refractivity contribution is 8.22. The average molecular weight is 262 g/mol. The van der Waals surface area contributed by atoms with Crippen molar-refractivity contribution in [2.75, 3.05) is 14.2 Å². The molecule has 4 nitrogen and oxygen atoms in total. The molecule has 0 amide bonds. The summed E-state index contributed by atoms with van der Waals surface area (Å²) in [4.78, 5) is 23.1. The van der Waals surface area contributed by atoms with E-state index in [9.17, 15) is 9.59 Å². The summed E-state index contributed by atoms with van der Waals surface area (Å²) in [6, 6.07) is 0. The van der Waals surface area contributed by atoms with E-state index in [1.54, 1.807) is 14.2 Å². The minimum Gasteiger partial charge on any atom is -0.397 e. The van der Waals surface area contributed by atoms with Crippen molar-refractivity contribution in [3.05, 3.63) is 0 Å². The Hall–Kier alpha value is -0.173. The molecule has 0 aromatic rings. The number of hydrogen-bond acceptors (Lipinski definition) is 5. The van der Waals surface area contributed by atoms with E-state index >= 15 is 0 Å². The topological polar surface area (TPSA) is 52.6 Å². The van der Waals surface area contributed by atoms with Crippen LogP contribution in [0.4, 0.5) is 0 Å². The van der Waals surface area contributed by atoms with E-state index in [4.69, 9.17) is 8.85 Å². The molecule has 1 aliphatic rings. The number of hydrogen-bond donors (Lipinski definition) is 0. The standard InChI is InChI=1S/C10H18O4SSi/c1-5-6-7-10(8(11)9(12)15-10)16(4,13-2)14-3/h5-7H2,1-4H3. The van der Waals surface area contributed by atoms with Crippen LogP contribution in [-0.4, -0.2) is 38.0 Å². The van der Waals surface area contributed by atoms with Gasteiger partial charge in [-0.25, -0.2) is 0 Å². The Morgan fingerprint density at radius 1 is 1.31 bits per heavy atom. The van der Waals surface area contributed by atoms with E-state index in [0.29, 0.717) is 6.42 Å².